The molecule has 0 bridgehead atoms. The highest BCUT2D eigenvalue weighted by Gasteiger charge is 2.20. The molecule has 3 heteroatoms. The molecule has 0 saturated heterocycles. The first-order chi connectivity index (χ1) is 8.74. The van der Waals surface area contributed by atoms with E-state index in [-0.39, 0.29) is 0 Å². The van der Waals surface area contributed by atoms with E-state index in [1.54, 1.807) is 0 Å². The first kappa shape index (κ1) is 11.7. The maximum atomic E-state index is 4.77. The molecule has 2 aromatic rings. The summed E-state index contributed by atoms with van der Waals surface area (Å²) in [6.07, 6.45) is 2.28. The Labute approximate surface area is 112 Å². The van der Waals surface area contributed by atoms with Gasteiger partial charge < -0.3 is 5.32 Å². The van der Waals surface area contributed by atoms with Crippen LogP contribution in [-0.2, 0) is 12.8 Å². The number of hydrogen-bond acceptors (Lipinski definition) is 3. The maximum Gasteiger partial charge on any atom is 0.183 e. The number of benzene rings is 1. The summed E-state index contributed by atoms with van der Waals surface area (Å²) in [4.78, 5) is 6.20. The first-order valence-corrected chi connectivity index (χ1v) is 7.37. The van der Waals surface area contributed by atoms with Gasteiger partial charge in [-0.3, -0.25) is 0 Å². The molecule has 1 aromatic carbocycles. The number of hydrogen-bond donors (Lipinski definition) is 1. The Bertz CT molecular complexity index is 557. The highest BCUT2D eigenvalue weighted by molar-refractivity contribution is 7.16. The Morgan fingerprint density at radius 1 is 1.28 bits per heavy atom. The highest BCUT2D eigenvalue weighted by Crippen LogP contribution is 2.37. The Balaban J connectivity index is 1.92. The molecular weight excluding hydrogens is 240 g/mol. The molecule has 0 fully saturated rings. The van der Waals surface area contributed by atoms with E-state index in [9.17, 15) is 0 Å². The molecule has 1 heterocycles. The third kappa shape index (κ3) is 2.15. The molecule has 18 heavy (non-hydrogen) atoms. The summed E-state index contributed by atoms with van der Waals surface area (Å²) in [6.45, 7) is 5.43. The van der Waals surface area contributed by atoms with Crippen LogP contribution in [0, 0.1) is 5.92 Å². The fourth-order valence-electron chi connectivity index (χ4n) is 2.32. The summed E-state index contributed by atoms with van der Waals surface area (Å²) in [7, 11) is 0. The van der Waals surface area contributed by atoms with Crippen molar-refractivity contribution in [2.24, 2.45) is 5.92 Å². The van der Waals surface area contributed by atoms with Crippen LogP contribution in [0.1, 0.15) is 24.3 Å². The third-order valence-electron chi connectivity index (χ3n) is 3.25. The van der Waals surface area contributed by atoms with Crippen molar-refractivity contribution in [2.75, 3.05) is 11.9 Å². The minimum atomic E-state index is 0.651. The van der Waals surface area contributed by atoms with E-state index in [0.717, 1.165) is 24.5 Å². The number of rotatable bonds is 3. The lowest BCUT2D eigenvalue weighted by Gasteiger charge is -2.13. The van der Waals surface area contributed by atoms with Crippen molar-refractivity contribution < 1.29 is 0 Å². The fourth-order valence-corrected chi connectivity index (χ4v) is 3.30. The van der Waals surface area contributed by atoms with Crippen molar-refractivity contribution in [3.05, 3.63) is 34.7 Å². The molecule has 94 valence electrons. The summed E-state index contributed by atoms with van der Waals surface area (Å²) < 4.78 is 0. The van der Waals surface area contributed by atoms with Crippen molar-refractivity contribution in [2.45, 2.75) is 26.7 Å². The highest BCUT2D eigenvalue weighted by atomic mass is 32.1. The summed E-state index contributed by atoms with van der Waals surface area (Å²) in [5.41, 5.74) is 3.96. The number of fused-ring (bicyclic) bond motifs is 3. The number of anilines is 1. The van der Waals surface area contributed by atoms with Gasteiger partial charge in [0.25, 0.3) is 0 Å². The number of thiazole rings is 1. The average molecular weight is 258 g/mol. The van der Waals surface area contributed by atoms with Gasteiger partial charge in [-0.2, -0.15) is 0 Å². The number of nitrogens with one attached hydrogen (secondary N) is 1. The van der Waals surface area contributed by atoms with Gasteiger partial charge in [-0.05, 0) is 24.3 Å². The summed E-state index contributed by atoms with van der Waals surface area (Å²) in [5.74, 6) is 0.651. The van der Waals surface area contributed by atoms with Crippen molar-refractivity contribution in [3.63, 3.8) is 0 Å². The fraction of sp³-hybridized carbons (Fsp3) is 0.400. The van der Waals surface area contributed by atoms with Gasteiger partial charge in [0.2, 0.25) is 0 Å². The van der Waals surface area contributed by atoms with Gasteiger partial charge in [-0.15, -0.1) is 11.3 Å². The lowest BCUT2D eigenvalue weighted by atomic mass is 9.94. The zero-order valence-electron chi connectivity index (χ0n) is 10.9. The van der Waals surface area contributed by atoms with Crippen LogP contribution in [0.25, 0.3) is 11.3 Å². The monoisotopic (exact) mass is 258 g/mol. The molecule has 0 unspecified atom stereocenters. The summed E-state index contributed by atoms with van der Waals surface area (Å²) >= 11 is 1.82. The lowest BCUT2D eigenvalue weighted by Crippen LogP contribution is -2.07. The molecule has 0 radical (unpaired) electrons. The zero-order valence-corrected chi connectivity index (χ0v) is 11.7. The van der Waals surface area contributed by atoms with Crippen LogP contribution in [0.3, 0.4) is 0 Å². The van der Waals surface area contributed by atoms with Crippen LogP contribution in [0.2, 0.25) is 0 Å². The molecule has 1 aliphatic rings. The Morgan fingerprint density at radius 3 is 2.94 bits per heavy atom. The largest absolute Gasteiger partial charge is 0.361 e. The molecule has 0 amide bonds. The third-order valence-corrected chi connectivity index (χ3v) is 4.33. The van der Waals surface area contributed by atoms with Crippen LogP contribution >= 0.6 is 11.3 Å². The van der Waals surface area contributed by atoms with Gasteiger partial charge in [-0.1, -0.05) is 38.1 Å². The molecule has 1 aliphatic carbocycles. The van der Waals surface area contributed by atoms with Gasteiger partial charge in [0.15, 0.2) is 5.13 Å². The van der Waals surface area contributed by atoms with E-state index in [1.807, 2.05) is 11.3 Å². The lowest BCUT2D eigenvalue weighted by molar-refractivity contribution is 0.688. The van der Waals surface area contributed by atoms with Gasteiger partial charge in [0.05, 0.1) is 5.69 Å². The van der Waals surface area contributed by atoms with Crippen LogP contribution in [0.5, 0.6) is 0 Å². The molecule has 0 atom stereocenters. The zero-order chi connectivity index (χ0) is 12.5. The van der Waals surface area contributed by atoms with E-state index < -0.39 is 0 Å². The topological polar surface area (TPSA) is 24.9 Å². The second-order valence-corrected chi connectivity index (χ2v) is 6.31. The Hall–Kier alpha value is -1.35. The van der Waals surface area contributed by atoms with E-state index in [4.69, 9.17) is 4.98 Å². The first-order valence-electron chi connectivity index (χ1n) is 6.56. The van der Waals surface area contributed by atoms with Crippen LogP contribution in [-0.4, -0.2) is 11.5 Å². The van der Waals surface area contributed by atoms with Gasteiger partial charge in [0.1, 0.15) is 0 Å². The standard InChI is InChI=1S/C15H18N2S/c1-10(2)9-16-15-17-14-12-6-4-3-5-11(12)7-8-13(14)18-15/h3-6,10H,7-9H2,1-2H3,(H,16,17). The van der Waals surface area contributed by atoms with Crippen LogP contribution in [0.15, 0.2) is 24.3 Å². The molecule has 2 nitrogen and oxygen atoms in total. The normalized spacial score (nSPS) is 13.3. The predicted octanol–water partition coefficient (Wildman–Crippen LogP) is 3.98. The van der Waals surface area contributed by atoms with Crippen molar-refractivity contribution >= 4 is 16.5 Å². The van der Waals surface area contributed by atoms with Crippen molar-refractivity contribution in [1.29, 1.82) is 0 Å². The quantitative estimate of drug-likeness (QED) is 0.901. The number of nitrogens with zero attached hydrogens (tertiary/aromatic N) is 1. The summed E-state index contributed by atoms with van der Waals surface area (Å²) in [5, 5.41) is 4.51. The SMILES string of the molecule is CC(C)CNc1nc2c(s1)CCc1ccccc1-2. The summed E-state index contributed by atoms with van der Waals surface area (Å²) in [6, 6.07) is 8.64. The smallest absolute Gasteiger partial charge is 0.183 e. The Kier molecular flexibility index (Phi) is 3.08. The average Bonchev–Trinajstić information content (AvgIpc) is 2.79. The van der Waals surface area contributed by atoms with E-state index in [0.29, 0.717) is 5.92 Å². The molecular formula is C15H18N2S. The molecule has 0 saturated carbocycles. The number of aryl methyl sites for hydroxylation is 2. The van der Waals surface area contributed by atoms with Crippen molar-refractivity contribution in [1.82, 2.24) is 4.98 Å². The second kappa shape index (κ2) is 4.73. The number of aromatic nitrogens is 1. The molecule has 3 rings (SSSR count). The molecule has 0 spiro atoms. The van der Waals surface area contributed by atoms with Crippen molar-refractivity contribution in [3.8, 4) is 11.3 Å². The van der Waals surface area contributed by atoms with E-state index in [1.165, 1.54) is 21.7 Å². The van der Waals surface area contributed by atoms with Gasteiger partial charge in [-0.25, -0.2) is 4.98 Å². The minimum absolute atomic E-state index is 0.651. The van der Waals surface area contributed by atoms with Crippen LogP contribution in [0.4, 0.5) is 5.13 Å². The maximum absolute atomic E-state index is 4.77. The van der Waals surface area contributed by atoms with Gasteiger partial charge >= 0.3 is 0 Å². The molecule has 1 N–H and O–H groups in total. The Morgan fingerprint density at radius 2 is 2.11 bits per heavy atom. The minimum Gasteiger partial charge on any atom is -0.361 e. The predicted molar refractivity (Wildman–Crippen MR) is 78.3 cm³/mol. The van der Waals surface area contributed by atoms with Gasteiger partial charge in [0, 0.05) is 17.0 Å². The molecule has 0 aliphatic heterocycles. The van der Waals surface area contributed by atoms with E-state index >= 15 is 0 Å². The second-order valence-electron chi connectivity index (χ2n) is 5.22. The van der Waals surface area contributed by atoms with Crippen LogP contribution < -0.4 is 5.32 Å². The van der Waals surface area contributed by atoms with E-state index in [2.05, 4.69) is 43.4 Å². The molecule has 1 aromatic heterocycles.